The molecule has 2 heterocycles. The van der Waals surface area contributed by atoms with E-state index in [0.717, 1.165) is 0 Å². The molecule has 0 unspecified atom stereocenters. The number of carbonyl (C=O) groups excluding carboxylic acids is 2. The van der Waals surface area contributed by atoms with Crippen molar-refractivity contribution in [3.8, 4) is 28.7 Å². The number of ether oxygens (including phenoxy) is 6. The molecule has 9 nitrogen and oxygen atoms in total. The van der Waals surface area contributed by atoms with Crippen LogP contribution in [0, 0.1) is 0 Å². The third-order valence-electron chi connectivity index (χ3n) is 5.14. The number of hydrogen-bond donors (Lipinski definition) is 0. The van der Waals surface area contributed by atoms with Gasteiger partial charge in [-0.15, -0.1) is 0 Å². The Morgan fingerprint density at radius 2 is 1.66 bits per heavy atom. The number of Topliss-reactive ketones (excluding diaryl/α,β-unsaturated/α-hetero) is 1. The average Bonchev–Trinajstić information content (AvgIpc) is 3.13. The van der Waals surface area contributed by atoms with Crippen molar-refractivity contribution in [2.75, 3.05) is 47.6 Å². The van der Waals surface area contributed by atoms with Crippen LogP contribution in [0.25, 0.3) is 6.08 Å². The van der Waals surface area contributed by atoms with Crippen molar-refractivity contribution in [3.63, 3.8) is 0 Å². The van der Waals surface area contributed by atoms with E-state index in [0.29, 0.717) is 60.4 Å². The van der Waals surface area contributed by atoms with Crippen LogP contribution in [0.4, 0.5) is 4.79 Å². The molecule has 0 saturated carbocycles. The minimum absolute atomic E-state index is 0.113. The minimum Gasteiger partial charge on any atom is -0.496 e. The smallest absolute Gasteiger partial charge is 0.415 e. The zero-order valence-electron chi connectivity index (χ0n) is 18.0. The van der Waals surface area contributed by atoms with Crippen LogP contribution in [0.3, 0.4) is 0 Å². The molecule has 0 bridgehead atoms. The van der Waals surface area contributed by atoms with Gasteiger partial charge in [-0.05, 0) is 24.3 Å². The molecule has 2 aliphatic rings. The number of methoxy groups -OCH3 is 3. The largest absolute Gasteiger partial charge is 0.496 e. The van der Waals surface area contributed by atoms with Crippen LogP contribution < -0.4 is 23.7 Å². The summed E-state index contributed by atoms with van der Waals surface area (Å²) in [6.07, 6.45) is 1.10. The summed E-state index contributed by atoms with van der Waals surface area (Å²) in [5.41, 5.74) is 0.960. The number of benzene rings is 2. The van der Waals surface area contributed by atoms with Crippen LogP contribution in [0.2, 0.25) is 0 Å². The second-order valence-corrected chi connectivity index (χ2v) is 7.01. The lowest BCUT2D eigenvalue weighted by Gasteiger charge is -2.25. The maximum atomic E-state index is 12.8. The number of rotatable bonds is 5. The Hall–Kier alpha value is -3.72. The van der Waals surface area contributed by atoms with Crippen molar-refractivity contribution in [2.24, 2.45) is 0 Å². The SMILES string of the molecule is COc1cc(OC)c(OC)cc1C=C1Oc2cc(OC(=O)N3CCOCC3)ccc2C1=O. The summed E-state index contributed by atoms with van der Waals surface area (Å²) in [6.45, 7) is 1.90. The fraction of sp³-hybridized carbons (Fsp3) is 0.304. The van der Waals surface area contributed by atoms with Gasteiger partial charge in [-0.25, -0.2) is 4.79 Å². The number of morpholine rings is 1. The van der Waals surface area contributed by atoms with E-state index >= 15 is 0 Å². The monoisotopic (exact) mass is 441 g/mol. The molecule has 9 heteroatoms. The molecule has 0 radical (unpaired) electrons. The Kier molecular flexibility index (Phi) is 6.18. The van der Waals surface area contributed by atoms with Crippen molar-refractivity contribution >= 4 is 18.0 Å². The Morgan fingerprint density at radius 1 is 0.969 bits per heavy atom. The molecule has 1 amide bonds. The van der Waals surface area contributed by atoms with Gasteiger partial charge in [0.15, 0.2) is 17.3 Å². The minimum atomic E-state index is -0.469. The Labute approximate surface area is 185 Å². The van der Waals surface area contributed by atoms with Gasteiger partial charge in [0, 0.05) is 30.8 Å². The van der Waals surface area contributed by atoms with E-state index in [9.17, 15) is 9.59 Å². The zero-order chi connectivity index (χ0) is 22.7. The highest BCUT2D eigenvalue weighted by molar-refractivity contribution is 6.14. The summed E-state index contributed by atoms with van der Waals surface area (Å²) in [5.74, 6) is 1.90. The molecular weight excluding hydrogens is 418 g/mol. The Balaban J connectivity index is 1.57. The van der Waals surface area contributed by atoms with Crippen LogP contribution >= 0.6 is 0 Å². The first-order chi connectivity index (χ1) is 15.5. The molecule has 0 N–H and O–H groups in total. The van der Waals surface area contributed by atoms with Crippen molar-refractivity contribution in [3.05, 3.63) is 47.2 Å². The summed E-state index contributed by atoms with van der Waals surface area (Å²) in [6, 6.07) is 8.03. The summed E-state index contributed by atoms with van der Waals surface area (Å²) in [4.78, 5) is 26.7. The molecule has 2 aromatic carbocycles. The molecule has 1 saturated heterocycles. The topological polar surface area (TPSA) is 92.8 Å². The van der Waals surface area contributed by atoms with Gasteiger partial charge < -0.3 is 33.3 Å². The van der Waals surface area contributed by atoms with Gasteiger partial charge in [0.05, 0.1) is 40.1 Å². The third kappa shape index (κ3) is 4.19. The lowest BCUT2D eigenvalue weighted by atomic mass is 10.1. The molecule has 2 aliphatic heterocycles. The Morgan fingerprint density at radius 3 is 2.34 bits per heavy atom. The van der Waals surface area contributed by atoms with E-state index in [1.165, 1.54) is 27.4 Å². The quantitative estimate of drug-likeness (QED) is 0.654. The number of allylic oxidation sites excluding steroid dienone is 1. The predicted octanol–water partition coefficient (Wildman–Crippen LogP) is 3.16. The highest BCUT2D eigenvalue weighted by atomic mass is 16.6. The normalized spacial score (nSPS) is 16.4. The van der Waals surface area contributed by atoms with Crippen molar-refractivity contribution in [1.82, 2.24) is 4.90 Å². The predicted molar refractivity (Wildman–Crippen MR) is 114 cm³/mol. The maximum Gasteiger partial charge on any atom is 0.415 e. The van der Waals surface area contributed by atoms with Crippen LogP contribution in [0.1, 0.15) is 15.9 Å². The number of nitrogens with zero attached hydrogens (tertiary/aromatic N) is 1. The molecule has 0 aromatic heterocycles. The van der Waals surface area contributed by atoms with E-state index in [1.807, 2.05) is 0 Å². The highest BCUT2D eigenvalue weighted by Gasteiger charge is 2.29. The van der Waals surface area contributed by atoms with Gasteiger partial charge in [-0.1, -0.05) is 0 Å². The molecule has 32 heavy (non-hydrogen) atoms. The van der Waals surface area contributed by atoms with Crippen LogP contribution in [0.5, 0.6) is 28.7 Å². The van der Waals surface area contributed by atoms with Crippen LogP contribution in [-0.2, 0) is 4.74 Å². The molecule has 1 fully saturated rings. The summed E-state index contributed by atoms with van der Waals surface area (Å²) in [7, 11) is 4.57. The van der Waals surface area contributed by atoms with Crippen molar-refractivity contribution < 1.29 is 38.0 Å². The third-order valence-corrected chi connectivity index (χ3v) is 5.14. The molecule has 4 rings (SSSR count). The van der Waals surface area contributed by atoms with Gasteiger partial charge in [-0.2, -0.15) is 0 Å². The molecule has 2 aromatic rings. The van der Waals surface area contributed by atoms with Gasteiger partial charge in [-0.3, -0.25) is 4.79 Å². The van der Waals surface area contributed by atoms with Crippen LogP contribution in [0.15, 0.2) is 36.1 Å². The second kappa shape index (κ2) is 9.19. The molecule has 0 atom stereocenters. The molecular formula is C23H23NO8. The van der Waals surface area contributed by atoms with Crippen molar-refractivity contribution in [1.29, 1.82) is 0 Å². The summed E-state index contributed by atoms with van der Waals surface area (Å²) >= 11 is 0. The van der Waals surface area contributed by atoms with E-state index in [1.54, 1.807) is 35.2 Å². The standard InChI is InChI=1S/C23H23NO8/c1-27-17-13-20(29-3)19(28-2)10-14(17)11-21-22(25)16-5-4-15(12-18(16)32-21)31-23(26)24-6-8-30-9-7-24/h4-5,10-13H,6-9H2,1-3H3. The number of hydrogen-bond acceptors (Lipinski definition) is 8. The van der Waals surface area contributed by atoms with E-state index in [-0.39, 0.29) is 17.3 Å². The fourth-order valence-corrected chi connectivity index (χ4v) is 3.45. The van der Waals surface area contributed by atoms with E-state index in [4.69, 9.17) is 28.4 Å². The van der Waals surface area contributed by atoms with E-state index in [2.05, 4.69) is 0 Å². The first kappa shape index (κ1) is 21.5. The van der Waals surface area contributed by atoms with Gasteiger partial charge in [0.25, 0.3) is 0 Å². The first-order valence-corrected chi connectivity index (χ1v) is 9.97. The number of ketones is 1. The van der Waals surface area contributed by atoms with Crippen LogP contribution in [-0.4, -0.2) is 64.4 Å². The molecule has 168 valence electrons. The van der Waals surface area contributed by atoms with Gasteiger partial charge in [0.1, 0.15) is 17.2 Å². The molecule has 0 aliphatic carbocycles. The average molecular weight is 441 g/mol. The highest BCUT2D eigenvalue weighted by Crippen LogP contribution is 2.39. The number of amides is 1. The summed E-state index contributed by atoms with van der Waals surface area (Å²) in [5, 5.41) is 0. The Bertz CT molecular complexity index is 1070. The van der Waals surface area contributed by atoms with E-state index < -0.39 is 6.09 Å². The van der Waals surface area contributed by atoms with Gasteiger partial charge in [0.2, 0.25) is 5.78 Å². The molecule has 0 spiro atoms. The van der Waals surface area contributed by atoms with Gasteiger partial charge >= 0.3 is 6.09 Å². The number of carbonyl (C=O) groups is 2. The fourth-order valence-electron chi connectivity index (χ4n) is 3.45. The van der Waals surface area contributed by atoms with Crippen molar-refractivity contribution in [2.45, 2.75) is 0 Å². The summed E-state index contributed by atoms with van der Waals surface area (Å²) < 4.78 is 32.5. The maximum absolute atomic E-state index is 12.8. The first-order valence-electron chi connectivity index (χ1n) is 9.97. The zero-order valence-corrected chi connectivity index (χ0v) is 18.0. The lowest BCUT2D eigenvalue weighted by Crippen LogP contribution is -2.42. The second-order valence-electron chi connectivity index (χ2n) is 7.01. The number of fused-ring (bicyclic) bond motifs is 1. The lowest BCUT2D eigenvalue weighted by molar-refractivity contribution is 0.0416.